The lowest BCUT2D eigenvalue weighted by Crippen LogP contribution is -1.90. The third-order valence-corrected chi connectivity index (χ3v) is 9.97. The maximum atomic E-state index is 11.2. The topological polar surface area (TPSA) is 34.1 Å². The van der Waals surface area contributed by atoms with E-state index in [9.17, 15) is 9.59 Å². The fraction of sp³-hybridized carbons (Fsp3) is 0.250. The third kappa shape index (κ3) is 3.05. The van der Waals surface area contributed by atoms with Gasteiger partial charge in [-0.25, -0.2) is 0 Å². The molecule has 0 spiro atoms. The summed E-state index contributed by atoms with van der Waals surface area (Å²) < 4.78 is 2.02. The van der Waals surface area contributed by atoms with Gasteiger partial charge in [-0.2, -0.15) is 0 Å². The fourth-order valence-electron chi connectivity index (χ4n) is 2.22. The lowest BCUT2D eigenvalue weighted by Gasteiger charge is -1.94. The van der Waals surface area contributed by atoms with E-state index in [0.29, 0.717) is 0 Å². The monoisotopic (exact) mass is 428 g/mol. The summed E-state index contributed by atoms with van der Waals surface area (Å²) in [5.74, 6) is 0. The first-order valence-corrected chi connectivity index (χ1v) is 11.0. The molecule has 0 aromatic rings. The maximum absolute atomic E-state index is 11.2. The Labute approximate surface area is 168 Å². The highest BCUT2D eigenvalue weighted by atomic mass is 32.2. The van der Waals surface area contributed by atoms with E-state index >= 15 is 0 Å². The van der Waals surface area contributed by atoms with Gasteiger partial charge in [0.05, 0.1) is 8.39 Å². The molecule has 0 saturated carbocycles. The van der Waals surface area contributed by atoms with Gasteiger partial charge < -0.3 is 0 Å². The van der Waals surface area contributed by atoms with E-state index in [2.05, 4.69) is 13.8 Å². The number of thioether (sulfide) groups is 4. The number of thiocarbonyl (C=S) groups is 2. The van der Waals surface area contributed by atoms with Gasteiger partial charge in [-0.15, -0.1) is 0 Å². The number of hydrogen-bond donors (Lipinski definition) is 0. The number of carbonyl (C=O) groups is 2. The van der Waals surface area contributed by atoms with Crippen molar-refractivity contribution in [3.05, 3.63) is 41.9 Å². The van der Waals surface area contributed by atoms with Crippen LogP contribution in [0.25, 0.3) is 0 Å². The molecule has 0 aromatic carbocycles. The first-order valence-electron chi connectivity index (χ1n) is 6.95. The second kappa shape index (κ2) is 6.89. The maximum Gasteiger partial charge on any atom is 0.221 e. The molecular weight excluding hydrogens is 417 g/mol. The summed E-state index contributed by atoms with van der Waals surface area (Å²) in [5.41, 5.74) is 3.92. The lowest BCUT2D eigenvalue weighted by atomic mass is 10.2. The standard InChI is InChI=1S/C8H6O2S2.C8H6S4/c2*1-3-5-6(12-7(3)9)4(2)8(10)11-5/h2*1-2H3. The molecule has 4 aliphatic rings. The Bertz CT molecular complexity index is 725. The first-order chi connectivity index (χ1) is 11.2. The van der Waals surface area contributed by atoms with Crippen molar-refractivity contribution in [2.24, 2.45) is 0 Å². The van der Waals surface area contributed by atoms with Gasteiger partial charge in [0.2, 0.25) is 10.2 Å². The summed E-state index contributed by atoms with van der Waals surface area (Å²) in [4.78, 5) is 26.7. The van der Waals surface area contributed by atoms with Crippen molar-refractivity contribution >= 4 is 90.1 Å². The SMILES string of the molecule is CC1=C2SC(=O)C(C)=C2SC1=O.CC1=C2SC(=S)C(C)=C2SC1=S. The molecule has 4 heterocycles. The van der Waals surface area contributed by atoms with Crippen LogP contribution in [0.5, 0.6) is 0 Å². The Hall–Kier alpha value is -0.120. The minimum atomic E-state index is 0.0827. The highest BCUT2D eigenvalue weighted by Gasteiger charge is 2.35. The quantitative estimate of drug-likeness (QED) is 0.450. The molecule has 4 rings (SSSR count). The van der Waals surface area contributed by atoms with Gasteiger partial charge in [0.25, 0.3) is 0 Å². The van der Waals surface area contributed by atoms with Gasteiger partial charge in [0.1, 0.15) is 0 Å². The minimum absolute atomic E-state index is 0.0827. The Balaban J connectivity index is 0.000000141. The van der Waals surface area contributed by atoms with Crippen molar-refractivity contribution in [2.75, 3.05) is 0 Å². The van der Waals surface area contributed by atoms with Crippen molar-refractivity contribution in [2.45, 2.75) is 27.7 Å². The predicted molar refractivity (Wildman–Crippen MR) is 116 cm³/mol. The molecule has 0 aromatic heterocycles. The molecule has 0 aliphatic carbocycles. The summed E-state index contributed by atoms with van der Waals surface area (Å²) in [5, 5.41) is 0.165. The summed E-state index contributed by atoms with van der Waals surface area (Å²) in [6, 6.07) is 0. The molecule has 0 unspecified atom stereocenters. The Morgan fingerprint density at radius 3 is 1.17 bits per heavy atom. The summed E-state index contributed by atoms with van der Waals surface area (Å²) >= 11 is 16.1. The van der Waals surface area contributed by atoms with E-state index in [0.717, 1.165) is 29.3 Å². The van der Waals surface area contributed by atoms with Crippen LogP contribution in [0.4, 0.5) is 0 Å². The van der Waals surface area contributed by atoms with Crippen LogP contribution in [-0.2, 0) is 9.59 Å². The fourth-order valence-corrected chi connectivity index (χ4v) is 7.56. The summed E-state index contributed by atoms with van der Waals surface area (Å²) in [6.45, 7) is 7.70. The Morgan fingerprint density at radius 1 is 0.542 bits per heavy atom. The van der Waals surface area contributed by atoms with E-state index in [1.54, 1.807) is 37.4 Å². The average molecular weight is 429 g/mol. The zero-order chi connectivity index (χ0) is 17.8. The van der Waals surface area contributed by atoms with Gasteiger partial charge in [-0.3, -0.25) is 9.59 Å². The molecule has 4 aliphatic heterocycles. The molecule has 0 bridgehead atoms. The highest BCUT2D eigenvalue weighted by Crippen LogP contribution is 2.52. The molecule has 0 N–H and O–H groups in total. The van der Waals surface area contributed by atoms with Crippen LogP contribution >= 0.6 is 71.5 Å². The second-order valence-electron chi connectivity index (χ2n) is 5.37. The largest absolute Gasteiger partial charge is 0.282 e. The molecule has 0 radical (unpaired) electrons. The van der Waals surface area contributed by atoms with Crippen LogP contribution < -0.4 is 0 Å². The zero-order valence-electron chi connectivity index (χ0n) is 13.3. The molecule has 0 fully saturated rings. The normalized spacial score (nSPS) is 22.8. The van der Waals surface area contributed by atoms with Crippen LogP contribution in [0.15, 0.2) is 41.9 Å². The average Bonchev–Trinajstić information content (AvgIpc) is 3.17. The van der Waals surface area contributed by atoms with E-state index in [-0.39, 0.29) is 10.2 Å². The third-order valence-electron chi connectivity index (χ3n) is 3.78. The van der Waals surface area contributed by atoms with Crippen molar-refractivity contribution in [3.63, 3.8) is 0 Å². The first kappa shape index (κ1) is 18.7. The van der Waals surface area contributed by atoms with Gasteiger partial charge in [0.15, 0.2) is 0 Å². The second-order valence-corrected chi connectivity index (χ2v) is 10.7. The van der Waals surface area contributed by atoms with Crippen molar-refractivity contribution in [1.82, 2.24) is 0 Å². The molecule has 2 nitrogen and oxygen atoms in total. The molecule has 8 heteroatoms. The number of hydrogen-bond acceptors (Lipinski definition) is 8. The minimum Gasteiger partial charge on any atom is -0.282 e. The Kier molecular flexibility index (Phi) is 5.36. The van der Waals surface area contributed by atoms with E-state index in [1.807, 2.05) is 0 Å². The van der Waals surface area contributed by atoms with Crippen LogP contribution in [0.2, 0.25) is 0 Å². The zero-order valence-corrected chi connectivity index (χ0v) is 18.2. The van der Waals surface area contributed by atoms with Crippen molar-refractivity contribution in [1.29, 1.82) is 0 Å². The summed E-state index contributed by atoms with van der Waals surface area (Å²) in [6.07, 6.45) is 0. The van der Waals surface area contributed by atoms with Gasteiger partial charge in [0, 0.05) is 30.8 Å². The smallest absolute Gasteiger partial charge is 0.221 e. The van der Waals surface area contributed by atoms with Gasteiger partial charge in [-0.1, -0.05) is 48.0 Å². The predicted octanol–water partition coefficient (Wildman–Crippen LogP) is 5.76. The molecule has 24 heavy (non-hydrogen) atoms. The summed E-state index contributed by atoms with van der Waals surface area (Å²) in [7, 11) is 0. The van der Waals surface area contributed by atoms with Crippen LogP contribution in [0, 0.1) is 0 Å². The van der Waals surface area contributed by atoms with E-state index in [1.165, 1.54) is 44.5 Å². The Morgan fingerprint density at radius 2 is 0.833 bits per heavy atom. The van der Waals surface area contributed by atoms with Gasteiger partial charge in [-0.05, 0) is 62.4 Å². The lowest BCUT2D eigenvalue weighted by molar-refractivity contribution is -0.108. The molecule has 0 atom stereocenters. The molecular formula is C16H12O2S6. The van der Waals surface area contributed by atoms with E-state index in [4.69, 9.17) is 24.4 Å². The van der Waals surface area contributed by atoms with E-state index < -0.39 is 0 Å². The number of fused-ring (bicyclic) bond motifs is 2. The molecule has 0 amide bonds. The number of rotatable bonds is 0. The molecule has 124 valence electrons. The van der Waals surface area contributed by atoms with Crippen molar-refractivity contribution < 1.29 is 9.59 Å². The molecule has 0 saturated heterocycles. The van der Waals surface area contributed by atoms with Crippen LogP contribution in [0.1, 0.15) is 27.7 Å². The number of carbonyl (C=O) groups excluding carboxylic acids is 2. The van der Waals surface area contributed by atoms with Crippen LogP contribution in [0.3, 0.4) is 0 Å². The highest BCUT2D eigenvalue weighted by molar-refractivity contribution is 8.32. The van der Waals surface area contributed by atoms with Gasteiger partial charge >= 0.3 is 0 Å². The van der Waals surface area contributed by atoms with Crippen LogP contribution in [-0.4, -0.2) is 18.6 Å². The van der Waals surface area contributed by atoms with Crippen molar-refractivity contribution in [3.8, 4) is 0 Å².